The van der Waals surface area contributed by atoms with Crippen molar-refractivity contribution in [3.05, 3.63) is 108 Å². The molecule has 3 heteroatoms. The maximum atomic E-state index is 6.18. The molecule has 0 amide bonds. The minimum absolute atomic E-state index is 0.706. The van der Waals surface area contributed by atoms with E-state index in [2.05, 4.69) is 103 Å². The Balaban J connectivity index is 1.54. The number of aromatic nitrogens is 1. The number of ether oxygens (including phenoxy) is 1. The Morgan fingerprint density at radius 2 is 1.63 bits per heavy atom. The highest BCUT2D eigenvalue weighted by Gasteiger charge is 2.25. The Morgan fingerprint density at radius 3 is 2.51 bits per heavy atom. The number of para-hydroxylation sites is 1. The van der Waals surface area contributed by atoms with Crippen molar-refractivity contribution in [2.45, 2.75) is 32.9 Å². The number of pyridine rings is 1. The van der Waals surface area contributed by atoms with Gasteiger partial charge in [0.05, 0.1) is 17.8 Å². The number of nitrogens with zero attached hydrogens (tertiary/aromatic N) is 2. The van der Waals surface area contributed by atoms with Gasteiger partial charge in [0, 0.05) is 30.6 Å². The summed E-state index contributed by atoms with van der Waals surface area (Å²) in [6.45, 7) is 5.72. The summed E-state index contributed by atoms with van der Waals surface area (Å²) in [6, 6.07) is 32.3. The number of benzene rings is 4. The molecule has 174 valence electrons. The van der Waals surface area contributed by atoms with Crippen LogP contribution in [0.2, 0.25) is 0 Å². The summed E-state index contributed by atoms with van der Waals surface area (Å²) in [5.74, 6) is 0.921. The van der Waals surface area contributed by atoms with Gasteiger partial charge in [-0.2, -0.15) is 0 Å². The number of hydrogen-bond acceptors (Lipinski definition) is 3. The lowest BCUT2D eigenvalue weighted by Gasteiger charge is -2.31. The number of rotatable bonds is 6. The van der Waals surface area contributed by atoms with E-state index in [9.17, 15) is 0 Å². The molecule has 0 radical (unpaired) electrons. The lowest BCUT2D eigenvalue weighted by molar-refractivity contribution is 0.246. The van der Waals surface area contributed by atoms with Crippen LogP contribution in [0.25, 0.3) is 32.9 Å². The molecule has 4 aromatic carbocycles. The van der Waals surface area contributed by atoms with Crippen molar-refractivity contribution in [2.24, 2.45) is 0 Å². The van der Waals surface area contributed by atoms with Crippen LogP contribution in [0.3, 0.4) is 0 Å². The molecule has 0 bridgehead atoms. The topological polar surface area (TPSA) is 25.4 Å². The zero-order valence-electron chi connectivity index (χ0n) is 20.2. The summed E-state index contributed by atoms with van der Waals surface area (Å²) in [4.78, 5) is 7.86. The minimum atomic E-state index is 0.706. The fourth-order valence-corrected chi connectivity index (χ4v) is 5.37. The fraction of sp³-hybridized carbons (Fsp3) is 0.219. The van der Waals surface area contributed by atoms with E-state index in [1.54, 1.807) is 0 Å². The number of fused-ring (bicyclic) bond motifs is 5. The molecule has 0 saturated carbocycles. The first-order valence-corrected chi connectivity index (χ1v) is 12.6. The van der Waals surface area contributed by atoms with Crippen LogP contribution in [-0.4, -0.2) is 23.0 Å². The third-order valence-electron chi connectivity index (χ3n) is 7.00. The predicted octanol–water partition coefficient (Wildman–Crippen LogP) is 7.40. The second-order valence-electron chi connectivity index (χ2n) is 9.39. The Bertz CT molecular complexity index is 1490. The van der Waals surface area contributed by atoms with Gasteiger partial charge in [-0.1, -0.05) is 79.7 Å². The normalized spacial score (nSPS) is 13.7. The highest BCUT2D eigenvalue weighted by Crippen LogP contribution is 2.40. The van der Waals surface area contributed by atoms with Crippen molar-refractivity contribution in [3.8, 4) is 17.0 Å². The maximum Gasteiger partial charge on any atom is 0.128 e. The molecule has 0 atom stereocenters. The first kappa shape index (κ1) is 21.8. The summed E-state index contributed by atoms with van der Waals surface area (Å²) in [7, 11) is 0. The standard InChI is InChI=1S/C32H30N2O/c1-2-20-35-30-15-9-8-14-27(30)32-28-22-34(21-23-10-4-3-5-11-23)19-18-26(28)31-25-13-7-6-12-24(25)16-17-29(31)33-32/h3-17H,2,18-22H2,1H3. The molecule has 0 spiro atoms. The van der Waals surface area contributed by atoms with Gasteiger partial charge in [0.25, 0.3) is 0 Å². The second-order valence-corrected chi connectivity index (χ2v) is 9.39. The highest BCUT2D eigenvalue weighted by atomic mass is 16.5. The van der Waals surface area contributed by atoms with Gasteiger partial charge in [0.15, 0.2) is 0 Å². The second kappa shape index (κ2) is 9.52. The molecule has 1 aliphatic rings. The average molecular weight is 459 g/mol. The molecule has 1 aromatic heterocycles. The maximum absolute atomic E-state index is 6.18. The zero-order valence-corrected chi connectivity index (χ0v) is 20.2. The molecule has 0 fully saturated rings. The summed E-state index contributed by atoms with van der Waals surface area (Å²) < 4.78 is 6.18. The average Bonchev–Trinajstić information content (AvgIpc) is 2.92. The largest absolute Gasteiger partial charge is 0.493 e. The third-order valence-corrected chi connectivity index (χ3v) is 7.00. The van der Waals surface area contributed by atoms with Crippen LogP contribution in [0.1, 0.15) is 30.0 Å². The summed E-state index contributed by atoms with van der Waals surface area (Å²) >= 11 is 0. The minimum Gasteiger partial charge on any atom is -0.493 e. The van der Waals surface area contributed by atoms with Crippen LogP contribution in [-0.2, 0) is 19.5 Å². The number of hydrogen-bond donors (Lipinski definition) is 0. The quantitative estimate of drug-likeness (QED) is 0.248. The van der Waals surface area contributed by atoms with Crippen molar-refractivity contribution >= 4 is 21.7 Å². The van der Waals surface area contributed by atoms with Gasteiger partial charge < -0.3 is 4.74 Å². The van der Waals surface area contributed by atoms with E-state index in [1.165, 1.54) is 32.8 Å². The van der Waals surface area contributed by atoms with Crippen molar-refractivity contribution in [3.63, 3.8) is 0 Å². The smallest absolute Gasteiger partial charge is 0.128 e. The van der Waals surface area contributed by atoms with Crippen LogP contribution < -0.4 is 4.74 Å². The Hall–Kier alpha value is -3.69. The van der Waals surface area contributed by atoms with Crippen LogP contribution >= 0.6 is 0 Å². The van der Waals surface area contributed by atoms with Gasteiger partial charge in [-0.25, -0.2) is 4.98 Å². The van der Waals surface area contributed by atoms with Crippen molar-refractivity contribution in [1.29, 1.82) is 0 Å². The van der Waals surface area contributed by atoms with E-state index < -0.39 is 0 Å². The highest BCUT2D eigenvalue weighted by molar-refractivity contribution is 6.09. The Morgan fingerprint density at radius 1 is 0.829 bits per heavy atom. The molecule has 3 nitrogen and oxygen atoms in total. The van der Waals surface area contributed by atoms with E-state index in [0.717, 1.165) is 55.0 Å². The van der Waals surface area contributed by atoms with E-state index >= 15 is 0 Å². The van der Waals surface area contributed by atoms with Gasteiger partial charge in [-0.15, -0.1) is 0 Å². The molecule has 6 rings (SSSR count). The summed E-state index contributed by atoms with van der Waals surface area (Å²) in [5, 5.41) is 3.88. The van der Waals surface area contributed by atoms with E-state index in [1.807, 2.05) is 0 Å². The molecule has 1 aliphatic heterocycles. The molecular weight excluding hydrogens is 428 g/mol. The lowest BCUT2D eigenvalue weighted by atomic mass is 9.89. The SMILES string of the molecule is CCCOc1ccccc1-c1nc2ccc3ccccc3c2c2c1CN(Cc1ccccc1)CC2. The molecular formula is C32H30N2O. The first-order chi connectivity index (χ1) is 17.3. The summed E-state index contributed by atoms with van der Waals surface area (Å²) in [5.41, 5.74) is 7.35. The van der Waals surface area contributed by atoms with Gasteiger partial charge in [-0.05, 0) is 58.5 Å². The summed E-state index contributed by atoms with van der Waals surface area (Å²) in [6.07, 6.45) is 1.99. The lowest BCUT2D eigenvalue weighted by Crippen LogP contribution is -2.31. The zero-order chi connectivity index (χ0) is 23.6. The van der Waals surface area contributed by atoms with Crippen molar-refractivity contribution in [2.75, 3.05) is 13.2 Å². The Labute approximate surface area is 207 Å². The van der Waals surface area contributed by atoms with Gasteiger partial charge in [0.2, 0.25) is 0 Å². The third kappa shape index (κ3) is 4.17. The first-order valence-electron chi connectivity index (χ1n) is 12.6. The van der Waals surface area contributed by atoms with E-state index in [4.69, 9.17) is 9.72 Å². The van der Waals surface area contributed by atoms with Crippen LogP contribution in [0, 0.1) is 0 Å². The molecule has 35 heavy (non-hydrogen) atoms. The van der Waals surface area contributed by atoms with E-state index in [-0.39, 0.29) is 0 Å². The molecule has 0 N–H and O–H groups in total. The van der Waals surface area contributed by atoms with Gasteiger partial charge in [0.1, 0.15) is 5.75 Å². The fourth-order valence-electron chi connectivity index (χ4n) is 5.37. The molecule has 0 aliphatic carbocycles. The monoisotopic (exact) mass is 458 g/mol. The van der Waals surface area contributed by atoms with Gasteiger partial charge in [-0.3, -0.25) is 4.90 Å². The Kier molecular flexibility index (Phi) is 5.93. The van der Waals surface area contributed by atoms with Crippen molar-refractivity contribution in [1.82, 2.24) is 9.88 Å². The van der Waals surface area contributed by atoms with Gasteiger partial charge >= 0.3 is 0 Å². The molecule has 0 unspecified atom stereocenters. The van der Waals surface area contributed by atoms with Crippen LogP contribution in [0.15, 0.2) is 91.0 Å². The van der Waals surface area contributed by atoms with Crippen LogP contribution in [0.4, 0.5) is 0 Å². The molecule has 5 aromatic rings. The predicted molar refractivity (Wildman–Crippen MR) is 145 cm³/mol. The molecule has 2 heterocycles. The van der Waals surface area contributed by atoms with E-state index in [0.29, 0.717) is 6.61 Å². The van der Waals surface area contributed by atoms with Crippen LogP contribution in [0.5, 0.6) is 5.75 Å². The molecule has 0 saturated heterocycles. The van der Waals surface area contributed by atoms with Crippen molar-refractivity contribution < 1.29 is 4.74 Å².